The summed E-state index contributed by atoms with van der Waals surface area (Å²) in [5.74, 6) is 0. The van der Waals surface area contributed by atoms with Crippen LogP contribution in [-0.4, -0.2) is 18.3 Å². The van der Waals surface area contributed by atoms with Gasteiger partial charge in [0.1, 0.15) is 0 Å². The van der Waals surface area contributed by atoms with Gasteiger partial charge in [0.2, 0.25) is 0 Å². The molecule has 0 saturated heterocycles. The van der Waals surface area contributed by atoms with Crippen molar-refractivity contribution in [3.05, 3.63) is 461 Å². The maximum Gasteiger partial charge on any atom is 0.0547 e. The zero-order valence-corrected chi connectivity index (χ0v) is 66.6. The molecule has 6 heteroatoms. The molecule has 4 aromatic heterocycles. The normalized spacial score (nSPS) is 11.8. The number of rotatable bonds is 15. The van der Waals surface area contributed by atoms with Crippen molar-refractivity contribution in [3.8, 4) is 78.4 Å². The number of hydrogen-bond acceptors (Lipinski definition) is 2. The maximum atomic E-state index is 2.52. The predicted octanol–water partition coefficient (Wildman–Crippen LogP) is 31.7. The highest BCUT2D eigenvalue weighted by molar-refractivity contribution is 6.19. The summed E-state index contributed by atoms with van der Waals surface area (Å²) >= 11 is 0. The summed E-state index contributed by atoms with van der Waals surface area (Å²) < 4.78 is 9.86. The van der Waals surface area contributed by atoms with Crippen LogP contribution in [0.4, 0.5) is 34.1 Å². The van der Waals surface area contributed by atoms with E-state index < -0.39 is 0 Å². The van der Waals surface area contributed by atoms with Gasteiger partial charge in [0, 0.05) is 100.0 Å². The minimum Gasteiger partial charge on any atom is -0.310 e. The van der Waals surface area contributed by atoms with E-state index in [1.807, 2.05) is 0 Å². The molecule has 20 aromatic carbocycles. The molecule has 0 radical (unpaired) electrons. The molecule has 0 N–H and O–H groups in total. The highest BCUT2D eigenvalue weighted by Crippen LogP contribution is 2.49. The lowest BCUT2D eigenvalue weighted by Gasteiger charge is -2.28. The molecule has 0 unspecified atom stereocenters. The molecule has 0 aliphatic rings. The van der Waals surface area contributed by atoms with Gasteiger partial charge in [-0.2, -0.15) is 0 Å². The van der Waals surface area contributed by atoms with Crippen LogP contribution in [0.1, 0.15) is 0 Å². The van der Waals surface area contributed by atoms with E-state index in [4.69, 9.17) is 0 Å². The molecule has 0 atom stereocenters. The van der Waals surface area contributed by atoms with Gasteiger partial charge in [-0.05, 0) is 247 Å². The Hall–Kier alpha value is -16.3. The topological polar surface area (TPSA) is 26.2 Å². The SMILES string of the molecule is c1ccc(-c2ccc(N(c3cc(-c4ccc5c(c4)c4ccccc4n5-c4ccccc4)cc(-n4c5ccccc5c5c(-c6ccc7c8cc(-c9cc(N(c%10cccc(-c%11ccccc%11)c%10)c%10ccc%11ccccc%11c%10)cc(-n%10c%11ccccc%11c%11ccccc%11%10)c9)ccc8n(-c8ccccc8)c7c6)cccc54)c3)c3ccc4ccccc4c3)cc2)cc1. The Morgan fingerprint density at radius 1 is 0.139 bits per heavy atom. The molecular weight excluding hydrogens is 1480 g/mol. The van der Waals surface area contributed by atoms with Crippen molar-refractivity contribution in [2.45, 2.75) is 0 Å². The second-order valence-electron chi connectivity index (χ2n) is 32.0. The Morgan fingerprint density at radius 2 is 0.484 bits per heavy atom. The van der Waals surface area contributed by atoms with Crippen LogP contribution in [0.5, 0.6) is 0 Å². The summed E-state index contributed by atoms with van der Waals surface area (Å²) in [5, 5.41) is 14.2. The summed E-state index contributed by atoms with van der Waals surface area (Å²) in [6.45, 7) is 0. The van der Waals surface area contributed by atoms with E-state index in [0.717, 1.165) is 156 Å². The molecule has 0 saturated carbocycles. The van der Waals surface area contributed by atoms with Gasteiger partial charge in [-0.1, -0.05) is 291 Å². The van der Waals surface area contributed by atoms with Crippen molar-refractivity contribution in [1.82, 2.24) is 18.3 Å². The molecule has 0 bridgehead atoms. The molecule has 6 nitrogen and oxygen atoms in total. The van der Waals surface area contributed by atoms with Crippen LogP contribution < -0.4 is 9.80 Å². The molecule has 24 rings (SSSR count). The number of para-hydroxylation sites is 6. The highest BCUT2D eigenvalue weighted by atomic mass is 15.2. The summed E-state index contributed by atoms with van der Waals surface area (Å²) in [6, 6.07) is 171. The fourth-order valence-corrected chi connectivity index (χ4v) is 19.4. The van der Waals surface area contributed by atoms with Crippen LogP contribution in [0.25, 0.3) is 187 Å². The van der Waals surface area contributed by atoms with Gasteiger partial charge in [0.15, 0.2) is 0 Å². The van der Waals surface area contributed by atoms with Crippen LogP contribution >= 0.6 is 0 Å². The van der Waals surface area contributed by atoms with Gasteiger partial charge in [0.25, 0.3) is 0 Å². The lowest BCUT2D eigenvalue weighted by Crippen LogP contribution is -2.11. The Balaban J connectivity index is 0.700. The Bertz CT molecular complexity index is 8200. The van der Waals surface area contributed by atoms with Gasteiger partial charge in [-0.25, -0.2) is 0 Å². The molecule has 122 heavy (non-hydrogen) atoms. The largest absolute Gasteiger partial charge is 0.310 e. The number of anilines is 6. The van der Waals surface area contributed by atoms with Gasteiger partial charge in [-0.15, -0.1) is 0 Å². The molecule has 24 aromatic rings. The van der Waals surface area contributed by atoms with E-state index in [2.05, 4.69) is 489 Å². The number of hydrogen-bond donors (Lipinski definition) is 0. The maximum absolute atomic E-state index is 2.52. The average molecular weight is 1550 g/mol. The molecular formula is C116H76N6. The van der Waals surface area contributed by atoms with Crippen LogP contribution in [0.3, 0.4) is 0 Å². The smallest absolute Gasteiger partial charge is 0.0547 e. The highest BCUT2D eigenvalue weighted by Gasteiger charge is 2.26. The Kier molecular flexibility index (Phi) is 16.5. The lowest BCUT2D eigenvalue weighted by atomic mass is 9.97. The van der Waals surface area contributed by atoms with Crippen LogP contribution in [0, 0.1) is 0 Å². The summed E-state index contributed by atoms with van der Waals surface area (Å²) in [4.78, 5) is 4.91. The van der Waals surface area contributed by atoms with E-state index in [9.17, 15) is 0 Å². The molecule has 0 spiro atoms. The minimum atomic E-state index is 1.03. The number of benzene rings is 20. The first-order valence-electron chi connectivity index (χ1n) is 41.9. The molecule has 0 amide bonds. The van der Waals surface area contributed by atoms with E-state index >= 15 is 0 Å². The third-order valence-electron chi connectivity index (χ3n) is 25.0. The Labute approximate surface area is 705 Å². The van der Waals surface area contributed by atoms with Crippen molar-refractivity contribution >= 4 is 143 Å². The third-order valence-corrected chi connectivity index (χ3v) is 25.0. The molecule has 4 heterocycles. The lowest BCUT2D eigenvalue weighted by molar-refractivity contribution is 1.17. The third kappa shape index (κ3) is 11.8. The standard InChI is InChI=1S/C116H76N6/c1-5-27-77(28-6-1)81-51-58-92(59-52-81)117(94-60-53-79-31-13-15-33-82(79)66-94)96-68-88(85-56-63-112-106(72-85)103-43-19-23-48-110(103)119(112)90-36-9-3-10-37-90)71-99(75-96)122-111-49-24-20-44-105(111)116-100(45-26-50-114(116)122)87-55-62-104-107-73-86(57-64-113(107)120(115(104)74-87)91-38-11-4-12-39-91)89-69-97(76-98(70-89)121-108-46-21-17-41-101(108)102-42-18-22-47-109(102)121)118(95-61-54-80-32-14-16-34-83(80)67-95)93-40-25-35-84(65-93)78-29-7-2-8-30-78/h1-76H. The summed E-state index contributed by atoms with van der Waals surface area (Å²) in [7, 11) is 0. The van der Waals surface area contributed by atoms with Crippen molar-refractivity contribution in [1.29, 1.82) is 0 Å². The minimum absolute atomic E-state index is 1.03. The molecule has 0 fully saturated rings. The van der Waals surface area contributed by atoms with Crippen molar-refractivity contribution in [3.63, 3.8) is 0 Å². The fourth-order valence-electron chi connectivity index (χ4n) is 19.4. The van der Waals surface area contributed by atoms with Gasteiger partial charge in [0.05, 0.1) is 44.1 Å². The first-order chi connectivity index (χ1) is 60.5. The van der Waals surface area contributed by atoms with Crippen molar-refractivity contribution in [2.75, 3.05) is 9.80 Å². The van der Waals surface area contributed by atoms with Crippen molar-refractivity contribution in [2.24, 2.45) is 0 Å². The zero-order chi connectivity index (χ0) is 80.3. The first kappa shape index (κ1) is 70.0. The van der Waals surface area contributed by atoms with Gasteiger partial charge < -0.3 is 28.1 Å². The number of nitrogens with zero attached hydrogens (tertiary/aromatic N) is 6. The molecule has 0 aliphatic heterocycles. The summed E-state index contributed by atoms with van der Waals surface area (Å²) in [5.41, 5.74) is 31.0. The first-order valence-corrected chi connectivity index (χ1v) is 41.9. The predicted molar refractivity (Wildman–Crippen MR) is 515 cm³/mol. The number of fused-ring (bicyclic) bond motifs is 14. The quantitative estimate of drug-likeness (QED) is 0.102. The average Bonchev–Trinajstić information content (AvgIpc) is 1.57. The second-order valence-corrected chi connectivity index (χ2v) is 32.0. The van der Waals surface area contributed by atoms with Crippen LogP contribution in [0.2, 0.25) is 0 Å². The zero-order valence-electron chi connectivity index (χ0n) is 66.6. The summed E-state index contributed by atoms with van der Waals surface area (Å²) in [6.07, 6.45) is 0. The molecule has 0 aliphatic carbocycles. The fraction of sp³-hybridized carbons (Fsp3) is 0. The van der Waals surface area contributed by atoms with E-state index in [0.29, 0.717) is 0 Å². The van der Waals surface area contributed by atoms with Gasteiger partial charge >= 0.3 is 0 Å². The van der Waals surface area contributed by atoms with Crippen LogP contribution in [-0.2, 0) is 0 Å². The number of aromatic nitrogens is 4. The van der Waals surface area contributed by atoms with Crippen LogP contribution in [0.15, 0.2) is 461 Å². The second kappa shape index (κ2) is 28.8. The monoisotopic (exact) mass is 1550 g/mol. The van der Waals surface area contributed by atoms with Gasteiger partial charge in [-0.3, -0.25) is 0 Å². The van der Waals surface area contributed by atoms with E-state index in [1.165, 1.54) is 64.9 Å². The Morgan fingerprint density at radius 3 is 1.03 bits per heavy atom. The van der Waals surface area contributed by atoms with E-state index in [1.54, 1.807) is 0 Å². The van der Waals surface area contributed by atoms with Crippen molar-refractivity contribution < 1.29 is 0 Å². The van der Waals surface area contributed by atoms with E-state index in [-0.39, 0.29) is 0 Å². The molecule has 570 valence electrons.